The Labute approximate surface area is 115 Å². The Morgan fingerprint density at radius 3 is 2.89 bits per heavy atom. The molecule has 19 heavy (non-hydrogen) atoms. The summed E-state index contributed by atoms with van der Waals surface area (Å²) in [6, 6.07) is 8.03. The average molecular weight is 261 g/mol. The van der Waals surface area contributed by atoms with Crippen LogP contribution in [-0.4, -0.2) is 26.2 Å². The fraction of sp³-hybridized carbons (Fsp3) is 0.533. The third-order valence-electron chi connectivity index (χ3n) is 3.15. The van der Waals surface area contributed by atoms with Crippen molar-refractivity contribution >= 4 is 5.96 Å². The summed E-state index contributed by atoms with van der Waals surface area (Å²) in [6.07, 6.45) is 2.70. The van der Waals surface area contributed by atoms with Gasteiger partial charge in [0.1, 0.15) is 5.75 Å². The van der Waals surface area contributed by atoms with Gasteiger partial charge in [-0.3, -0.25) is 0 Å². The topological polar surface area (TPSA) is 45.7 Å². The number of nitrogens with one attached hydrogen (secondary N) is 2. The standard InChI is InChI=1S/C15H23N3O/c1-3-16-15(17-10-12-7-8-12)18-11-13-5-4-6-14(9-13)19-2/h4-6,9,12H,3,7-8,10-11H2,1-2H3,(H2,16,17,18). The lowest BCUT2D eigenvalue weighted by molar-refractivity contribution is 0.414. The van der Waals surface area contributed by atoms with Gasteiger partial charge < -0.3 is 15.4 Å². The monoisotopic (exact) mass is 261 g/mol. The molecule has 0 atom stereocenters. The van der Waals surface area contributed by atoms with Crippen LogP contribution in [0.25, 0.3) is 0 Å². The van der Waals surface area contributed by atoms with Crippen LogP contribution in [0.2, 0.25) is 0 Å². The Balaban J connectivity index is 1.90. The van der Waals surface area contributed by atoms with Crippen molar-refractivity contribution in [3.8, 4) is 5.75 Å². The number of guanidine groups is 1. The minimum Gasteiger partial charge on any atom is -0.497 e. The number of methoxy groups -OCH3 is 1. The van der Waals surface area contributed by atoms with Gasteiger partial charge in [-0.25, -0.2) is 4.99 Å². The molecular formula is C15H23N3O. The van der Waals surface area contributed by atoms with Crippen LogP contribution >= 0.6 is 0 Å². The molecule has 1 aliphatic carbocycles. The number of aliphatic imine (C=N–C) groups is 1. The molecular weight excluding hydrogens is 238 g/mol. The first-order valence-corrected chi connectivity index (χ1v) is 6.97. The van der Waals surface area contributed by atoms with Crippen LogP contribution in [0.1, 0.15) is 25.3 Å². The summed E-state index contributed by atoms with van der Waals surface area (Å²) in [7, 11) is 1.68. The minimum atomic E-state index is 0.664. The van der Waals surface area contributed by atoms with Gasteiger partial charge in [0.05, 0.1) is 13.7 Å². The highest BCUT2D eigenvalue weighted by Gasteiger charge is 2.20. The van der Waals surface area contributed by atoms with E-state index in [2.05, 4.69) is 28.6 Å². The van der Waals surface area contributed by atoms with Gasteiger partial charge in [0.25, 0.3) is 0 Å². The van der Waals surface area contributed by atoms with Gasteiger partial charge in [-0.1, -0.05) is 12.1 Å². The van der Waals surface area contributed by atoms with Crippen molar-refractivity contribution in [3.63, 3.8) is 0 Å². The number of ether oxygens (including phenoxy) is 1. The molecule has 104 valence electrons. The number of benzene rings is 1. The molecule has 1 aliphatic rings. The fourth-order valence-electron chi connectivity index (χ4n) is 1.85. The molecule has 1 saturated carbocycles. The van der Waals surface area contributed by atoms with E-state index >= 15 is 0 Å². The number of nitrogens with zero attached hydrogens (tertiary/aromatic N) is 1. The molecule has 0 spiro atoms. The summed E-state index contributed by atoms with van der Waals surface area (Å²) in [5, 5.41) is 6.66. The Morgan fingerprint density at radius 2 is 2.21 bits per heavy atom. The lowest BCUT2D eigenvalue weighted by atomic mass is 10.2. The first kappa shape index (κ1) is 13.7. The molecule has 2 rings (SSSR count). The lowest BCUT2D eigenvalue weighted by Crippen LogP contribution is -2.38. The van der Waals surface area contributed by atoms with E-state index in [4.69, 9.17) is 4.74 Å². The van der Waals surface area contributed by atoms with Crippen LogP contribution < -0.4 is 15.4 Å². The lowest BCUT2D eigenvalue weighted by Gasteiger charge is -2.10. The average Bonchev–Trinajstić information content (AvgIpc) is 3.26. The normalized spacial score (nSPS) is 15.2. The largest absolute Gasteiger partial charge is 0.497 e. The second kappa shape index (κ2) is 7.02. The van der Waals surface area contributed by atoms with Crippen LogP contribution in [0, 0.1) is 5.92 Å². The molecule has 0 saturated heterocycles. The molecule has 2 N–H and O–H groups in total. The first-order chi connectivity index (χ1) is 9.31. The maximum absolute atomic E-state index is 5.22. The number of rotatable bonds is 6. The highest BCUT2D eigenvalue weighted by Crippen LogP contribution is 2.27. The zero-order valence-electron chi connectivity index (χ0n) is 11.8. The molecule has 1 aromatic carbocycles. The van der Waals surface area contributed by atoms with Gasteiger partial charge in [0.15, 0.2) is 5.96 Å². The van der Waals surface area contributed by atoms with E-state index in [1.165, 1.54) is 12.8 Å². The van der Waals surface area contributed by atoms with Crippen molar-refractivity contribution in [2.24, 2.45) is 10.9 Å². The Morgan fingerprint density at radius 1 is 1.37 bits per heavy atom. The minimum absolute atomic E-state index is 0.664. The van der Waals surface area contributed by atoms with E-state index in [9.17, 15) is 0 Å². The highest BCUT2D eigenvalue weighted by molar-refractivity contribution is 5.79. The molecule has 0 bridgehead atoms. The number of hydrogen-bond acceptors (Lipinski definition) is 2. The highest BCUT2D eigenvalue weighted by atomic mass is 16.5. The summed E-state index contributed by atoms with van der Waals surface area (Å²) < 4.78 is 5.22. The molecule has 0 radical (unpaired) electrons. The van der Waals surface area contributed by atoms with Gasteiger partial charge in [-0.15, -0.1) is 0 Å². The van der Waals surface area contributed by atoms with E-state index in [0.717, 1.165) is 36.3 Å². The van der Waals surface area contributed by atoms with E-state index in [1.807, 2.05) is 18.2 Å². The smallest absolute Gasteiger partial charge is 0.191 e. The van der Waals surface area contributed by atoms with Crippen molar-refractivity contribution in [1.29, 1.82) is 0 Å². The van der Waals surface area contributed by atoms with Crippen LogP contribution in [0.4, 0.5) is 0 Å². The number of hydrogen-bond donors (Lipinski definition) is 2. The van der Waals surface area contributed by atoms with Gasteiger partial charge in [-0.05, 0) is 43.4 Å². The first-order valence-electron chi connectivity index (χ1n) is 6.97. The zero-order chi connectivity index (χ0) is 13.5. The van der Waals surface area contributed by atoms with E-state index in [1.54, 1.807) is 7.11 Å². The zero-order valence-corrected chi connectivity index (χ0v) is 11.8. The van der Waals surface area contributed by atoms with Crippen molar-refractivity contribution < 1.29 is 4.74 Å². The van der Waals surface area contributed by atoms with Gasteiger partial charge >= 0.3 is 0 Å². The molecule has 0 unspecified atom stereocenters. The predicted octanol–water partition coefficient (Wildman–Crippen LogP) is 2.16. The van der Waals surface area contributed by atoms with Gasteiger partial charge in [0.2, 0.25) is 0 Å². The maximum atomic E-state index is 5.22. The SMILES string of the molecule is CCNC(=NCc1cccc(OC)c1)NCC1CC1. The Kier molecular flexibility index (Phi) is 5.07. The quantitative estimate of drug-likeness (QED) is 0.609. The maximum Gasteiger partial charge on any atom is 0.191 e. The van der Waals surface area contributed by atoms with E-state index < -0.39 is 0 Å². The summed E-state index contributed by atoms with van der Waals surface area (Å²) in [6.45, 7) is 4.66. The van der Waals surface area contributed by atoms with Crippen LogP contribution in [0.3, 0.4) is 0 Å². The molecule has 1 aromatic rings. The van der Waals surface area contributed by atoms with Crippen LogP contribution in [0.5, 0.6) is 5.75 Å². The predicted molar refractivity (Wildman–Crippen MR) is 78.5 cm³/mol. The fourth-order valence-corrected chi connectivity index (χ4v) is 1.85. The Hall–Kier alpha value is -1.71. The molecule has 1 fully saturated rings. The summed E-state index contributed by atoms with van der Waals surface area (Å²) in [5.74, 6) is 2.63. The Bertz CT molecular complexity index is 427. The summed E-state index contributed by atoms with van der Waals surface area (Å²) in [4.78, 5) is 4.60. The summed E-state index contributed by atoms with van der Waals surface area (Å²) >= 11 is 0. The molecule has 0 aliphatic heterocycles. The molecule has 4 nitrogen and oxygen atoms in total. The molecule has 4 heteroatoms. The third-order valence-corrected chi connectivity index (χ3v) is 3.15. The van der Waals surface area contributed by atoms with Gasteiger partial charge in [-0.2, -0.15) is 0 Å². The third kappa shape index (κ3) is 4.81. The van der Waals surface area contributed by atoms with E-state index in [-0.39, 0.29) is 0 Å². The van der Waals surface area contributed by atoms with Crippen molar-refractivity contribution in [2.75, 3.05) is 20.2 Å². The second-order valence-corrected chi connectivity index (χ2v) is 4.87. The summed E-state index contributed by atoms with van der Waals surface area (Å²) in [5.41, 5.74) is 1.16. The molecule has 0 heterocycles. The van der Waals surface area contributed by atoms with E-state index in [0.29, 0.717) is 6.54 Å². The van der Waals surface area contributed by atoms with Crippen LogP contribution in [-0.2, 0) is 6.54 Å². The van der Waals surface area contributed by atoms with Gasteiger partial charge in [0, 0.05) is 13.1 Å². The van der Waals surface area contributed by atoms with Crippen molar-refractivity contribution in [3.05, 3.63) is 29.8 Å². The second-order valence-electron chi connectivity index (χ2n) is 4.87. The van der Waals surface area contributed by atoms with Crippen molar-refractivity contribution in [2.45, 2.75) is 26.3 Å². The van der Waals surface area contributed by atoms with Crippen LogP contribution in [0.15, 0.2) is 29.3 Å². The van der Waals surface area contributed by atoms with Crippen molar-refractivity contribution in [1.82, 2.24) is 10.6 Å². The molecule has 0 amide bonds. The molecule has 0 aromatic heterocycles.